The van der Waals surface area contributed by atoms with E-state index in [9.17, 15) is 5.11 Å². The van der Waals surface area contributed by atoms with Crippen molar-refractivity contribution >= 4 is 0 Å². The first-order chi connectivity index (χ1) is 9.40. The zero-order valence-electron chi connectivity index (χ0n) is 13.1. The smallest absolute Gasteiger partial charge is 0.119 e. The Morgan fingerprint density at radius 3 is 2.00 bits per heavy atom. The van der Waals surface area contributed by atoms with Gasteiger partial charge in [-0.25, -0.2) is 0 Å². The summed E-state index contributed by atoms with van der Waals surface area (Å²) >= 11 is 0. The van der Waals surface area contributed by atoms with Crippen LogP contribution in [0.1, 0.15) is 27.2 Å². The van der Waals surface area contributed by atoms with Crippen molar-refractivity contribution in [2.75, 3.05) is 33.4 Å². The predicted octanol–water partition coefficient (Wildman–Crippen LogP) is 2.56. The van der Waals surface area contributed by atoms with Crippen molar-refractivity contribution in [1.82, 2.24) is 4.90 Å². The molecule has 1 aromatic carbocycles. The molecule has 0 bridgehead atoms. The summed E-state index contributed by atoms with van der Waals surface area (Å²) in [6, 6.07) is 7.68. The topological polar surface area (TPSA) is 41.9 Å². The molecule has 4 heteroatoms. The number of likely N-dealkylation sites (N-methyl/N-ethyl adjacent to an activating group) is 1. The molecule has 0 atom stereocenters. The van der Waals surface area contributed by atoms with Crippen molar-refractivity contribution in [3.63, 3.8) is 0 Å². The van der Waals surface area contributed by atoms with E-state index in [1.165, 1.54) is 0 Å². The van der Waals surface area contributed by atoms with Gasteiger partial charge in [-0.05, 0) is 51.6 Å². The Balaban J connectivity index is 2.28. The molecule has 0 amide bonds. The van der Waals surface area contributed by atoms with Crippen LogP contribution in [0.15, 0.2) is 24.3 Å². The molecule has 0 aliphatic heterocycles. The minimum absolute atomic E-state index is 0.599. The van der Waals surface area contributed by atoms with Crippen LogP contribution in [0.25, 0.3) is 0 Å². The van der Waals surface area contributed by atoms with Gasteiger partial charge in [0.25, 0.3) is 0 Å². The van der Waals surface area contributed by atoms with Crippen molar-refractivity contribution in [3.05, 3.63) is 24.3 Å². The second kappa shape index (κ2) is 8.12. The monoisotopic (exact) mass is 281 g/mol. The summed E-state index contributed by atoms with van der Waals surface area (Å²) in [6.07, 6.45) is 1.01. The first-order valence-corrected chi connectivity index (χ1v) is 7.17. The van der Waals surface area contributed by atoms with E-state index in [4.69, 9.17) is 9.47 Å². The number of aliphatic hydroxyl groups is 1. The van der Waals surface area contributed by atoms with Gasteiger partial charge in [-0.3, -0.25) is 0 Å². The normalized spacial score (nSPS) is 11.7. The van der Waals surface area contributed by atoms with Gasteiger partial charge in [-0.15, -0.1) is 0 Å². The van der Waals surface area contributed by atoms with E-state index in [1.54, 1.807) is 13.8 Å². The molecule has 0 aliphatic rings. The molecule has 0 radical (unpaired) electrons. The van der Waals surface area contributed by atoms with Crippen molar-refractivity contribution in [3.8, 4) is 11.5 Å². The molecule has 4 nitrogen and oxygen atoms in total. The second-order valence-electron chi connectivity index (χ2n) is 5.72. The van der Waals surface area contributed by atoms with Crippen LogP contribution in [0.5, 0.6) is 11.5 Å². The fourth-order valence-corrected chi connectivity index (χ4v) is 1.91. The highest BCUT2D eigenvalue weighted by Gasteiger charge is 2.15. The van der Waals surface area contributed by atoms with Gasteiger partial charge in [-0.1, -0.05) is 6.92 Å². The van der Waals surface area contributed by atoms with Crippen LogP contribution in [0.3, 0.4) is 0 Å². The lowest BCUT2D eigenvalue weighted by Gasteiger charge is -2.25. The van der Waals surface area contributed by atoms with Crippen molar-refractivity contribution < 1.29 is 14.6 Å². The van der Waals surface area contributed by atoms with Crippen molar-refractivity contribution in [2.24, 2.45) is 0 Å². The van der Waals surface area contributed by atoms with Crippen molar-refractivity contribution in [2.45, 2.75) is 32.8 Å². The van der Waals surface area contributed by atoms with Crippen LogP contribution in [-0.2, 0) is 0 Å². The third-order valence-corrected chi connectivity index (χ3v) is 2.70. The fourth-order valence-electron chi connectivity index (χ4n) is 1.91. The first kappa shape index (κ1) is 16.8. The number of rotatable bonds is 9. The lowest BCUT2D eigenvalue weighted by molar-refractivity contribution is 0.0411. The van der Waals surface area contributed by atoms with Gasteiger partial charge in [0.15, 0.2) is 0 Å². The van der Waals surface area contributed by atoms with Gasteiger partial charge in [0.05, 0.1) is 12.2 Å². The van der Waals surface area contributed by atoms with Crippen LogP contribution >= 0.6 is 0 Å². The lowest BCUT2D eigenvalue weighted by atomic mass is 10.1. The number of hydrogen-bond acceptors (Lipinski definition) is 4. The Morgan fingerprint density at radius 1 is 1.05 bits per heavy atom. The summed E-state index contributed by atoms with van der Waals surface area (Å²) in [5.74, 6) is 1.71. The fraction of sp³-hybridized carbons (Fsp3) is 0.625. The molecule has 0 heterocycles. The van der Waals surface area contributed by atoms with Crippen LogP contribution in [0.2, 0.25) is 0 Å². The molecule has 114 valence electrons. The molecule has 0 saturated heterocycles. The van der Waals surface area contributed by atoms with Crippen molar-refractivity contribution in [1.29, 1.82) is 0 Å². The standard InChI is InChI=1S/C16H27NO3/c1-5-11-19-14-6-8-15(9-7-14)20-12-10-17(4)13-16(2,3)18/h6-9,18H,5,10-13H2,1-4H3. The van der Waals surface area contributed by atoms with E-state index in [1.807, 2.05) is 31.3 Å². The summed E-state index contributed by atoms with van der Waals surface area (Å²) in [6.45, 7) is 8.43. The van der Waals surface area contributed by atoms with E-state index in [-0.39, 0.29) is 0 Å². The zero-order valence-corrected chi connectivity index (χ0v) is 13.1. The predicted molar refractivity (Wildman–Crippen MR) is 81.5 cm³/mol. The summed E-state index contributed by atoms with van der Waals surface area (Å²) < 4.78 is 11.2. The molecule has 0 saturated carbocycles. The Morgan fingerprint density at radius 2 is 1.55 bits per heavy atom. The lowest BCUT2D eigenvalue weighted by Crippen LogP contribution is -2.38. The molecule has 0 fully saturated rings. The quantitative estimate of drug-likeness (QED) is 0.755. The number of nitrogens with zero attached hydrogens (tertiary/aromatic N) is 1. The maximum atomic E-state index is 9.71. The van der Waals surface area contributed by atoms with E-state index < -0.39 is 5.60 Å². The van der Waals surface area contributed by atoms with Gasteiger partial charge in [-0.2, -0.15) is 0 Å². The average molecular weight is 281 g/mol. The molecule has 0 spiro atoms. The van der Waals surface area contributed by atoms with Gasteiger partial charge in [0.2, 0.25) is 0 Å². The van der Waals surface area contributed by atoms with E-state index in [0.717, 1.165) is 31.1 Å². The molecular weight excluding hydrogens is 254 g/mol. The Hall–Kier alpha value is -1.26. The molecule has 0 aromatic heterocycles. The van der Waals surface area contributed by atoms with Gasteiger partial charge in [0, 0.05) is 13.1 Å². The highest BCUT2D eigenvalue weighted by atomic mass is 16.5. The summed E-state index contributed by atoms with van der Waals surface area (Å²) in [4.78, 5) is 2.05. The maximum Gasteiger partial charge on any atom is 0.119 e. The van der Waals surface area contributed by atoms with E-state index in [0.29, 0.717) is 13.2 Å². The van der Waals surface area contributed by atoms with Crippen LogP contribution in [0, 0.1) is 0 Å². The molecule has 0 aliphatic carbocycles. The third-order valence-electron chi connectivity index (χ3n) is 2.70. The van der Waals surface area contributed by atoms with E-state index >= 15 is 0 Å². The molecule has 1 rings (SSSR count). The average Bonchev–Trinajstić information content (AvgIpc) is 2.35. The van der Waals surface area contributed by atoms with Gasteiger partial charge in [0.1, 0.15) is 18.1 Å². The minimum atomic E-state index is -0.674. The summed E-state index contributed by atoms with van der Waals surface area (Å²) in [5.41, 5.74) is -0.674. The zero-order chi connectivity index (χ0) is 15.0. The molecule has 0 unspecified atom stereocenters. The first-order valence-electron chi connectivity index (χ1n) is 7.17. The molecule has 1 N–H and O–H groups in total. The van der Waals surface area contributed by atoms with Gasteiger partial charge >= 0.3 is 0 Å². The molecular formula is C16H27NO3. The van der Waals surface area contributed by atoms with Crippen LogP contribution < -0.4 is 9.47 Å². The SMILES string of the molecule is CCCOc1ccc(OCCN(C)CC(C)(C)O)cc1. The Bertz CT molecular complexity index is 370. The van der Waals surface area contributed by atoms with Crippen LogP contribution in [-0.4, -0.2) is 49.0 Å². The highest BCUT2D eigenvalue weighted by molar-refractivity contribution is 5.31. The Labute approximate surface area is 122 Å². The van der Waals surface area contributed by atoms with Crippen LogP contribution in [0.4, 0.5) is 0 Å². The maximum absolute atomic E-state index is 9.71. The molecule has 1 aromatic rings. The summed E-state index contributed by atoms with van der Waals surface area (Å²) in [7, 11) is 1.98. The minimum Gasteiger partial charge on any atom is -0.494 e. The highest BCUT2D eigenvalue weighted by Crippen LogP contribution is 2.17. The second-order valence-corrected chi connectivity index (χ2v) is 5.72. The number of hydrogen-bond donors (Lipinski definition) is 1. The van der Waals surface area contributed by atoms with Gasteiger partial charge < -0.3 is 19.5 Å². The largest absolute Gasteiger partial charge is 0.494 e. The number of benzene rings is 1. The Kier molecular flexibility index (Phi) is 6.82. The summed E-state index contributed by atoms with van der Waals surface area (Å²) in [5, 5.41) is 9.71. The number of ether oxygens (including phenoxy) is 2. The molecule has 20 heavy (non-hydrogen) atoms. The third kappa shape index (κ3) is 7.36. The van der Waals surface area contributed by atoms with E-state index in [2.05, 4.69) is 11.8 Å².